The molecule has 0 spiro atoms. The smallest absolute Gasteiger partial charge is 0.119 e. The van der Waals surface area contributed by atoms with Crippen molar-refractivity contribution in [1.29, 1.82) is 0 Å². The molecule has 1 N–H and O–H groups in total. The van der Waals surface area contributed by atoms with Gasteiger partial charge in [-0.2, -0.15) is 0 Å². The summed E-state index contributed by atoms with van der Waals surface area (Å²) in [7, 11) is 0. The van der Waals surface area contributed by atoms with Gasteiger partial charge in [-0.05, 0) is 54.9 Å². The second-order valence-corrected chi connectivity index (χ2v) is 5.86. The zero-order chi connectivity index (χ0) is 14.5. The van der Waals surface area contributed by atoms with Crippen LogP contribution in [0.5, 0.6) is 5.75 Å². The Kier molecular flexibility index (Phi) is 4.56. The van der Waals surface area contributed by atoms with Gasteiger partial charge in [-0.1, -0.05) is 42.5 Å². The third-order valence-electron chi connectivity index (χ3n) is 4.07. The number of aliphatic hydroxyl groups is 1. The van der Waals surface area contributed by atoms with Gasteiger partial charge in [0.25, 0.3) is 0 Å². The lowest BCUT2D eigenvalue weighted by molar-refractivity contribution is 0.142. The van der Waals surface area contributed by atoms with E-state index < -0.39 is 0 Å². The molecule has 3 rings (SSSR count). The maximum Gasteiger partial charge on any atom is 0.119 e. The van der Waals surface area contributed by atoms with E-state index in [1.807, 2.05) is 30.3 Å². The third kappa shape index (κ3) is 4.33. The molecule has 0 amide bonds. The molecule has 0 aromatic heterocycles. The number of benzene rings is 2. The van der Waals surface area contributed by atoms with Crippen LogP contribution in [0.4, 0.5) is 0 Å². The van der Waals surface area contributed by atoms with Crippen LogP contribution in [0.3, 0.4) is 0 Å². The molecule has 1 aliphatic rings. The number of rotatable bonds is 7. The Labute approximate surface area is 126 Å². The Morgan fingerprint density at radius 1 is 0.952 bits per heavy atom. The minimum Gasteiger partial charge on any atom is -0.489 e. The third-order valence-corrected chi connectivity index (χ3v) is 4.07. The van der Waals surface area contributed by atoms with E-state index in [0.717, 1.165) is 18.6 Å². The van der Waals surface area contributed by atoms with E-state index in [1.54, 1.807) is 0 Å². The summed E-state index contributed by atoms with van der Waals surface area (Å²) in [5.74, 6) is 1.46. The van der Waals surface area contributed by atoms with Gasteiger partial charge in [0, 0.05) is 0 Å². The molecule has 1 atom stereocenters. The monoisotopic (exact) mass is 282 g/mol. The number of aryl methyl sites for hydroxylation is 1. The molecule has 0 saturated heterocycles. The fourth-order valence-corrected chi connectivity index (χ4v) is 2.52. The fraction of sp³-hybridized carbons (Fsp3) is 0.368. The molecule has 0 unspecified atom stereocenters. The van der Waals surface area contributed by atoms with Crippen molar-refractivity contribution in [3.63, 3.8) is 0 Å². The number of hydrogen-bond acceptors (Lipinski definition) is 2. The molecule has 1 fully saturated rings. The Balaban J connectivity index is 1.47. The first-order valence-electron chi connectivity index (χ1n) is 7.75. The van der Waals surface area contributed by atoms with Crippen LogP contribution in [0, 0.1) is 5.92 Å². The van der Waals surface area contributed by atoms with Gasteiger partial charge in [0.15, 0.2) is 0 Å². The van der Waals surface area contributed by atoms with Crippen LogP contribution in [-0.2, 0) is 13.0 Å². The van der Waals surface area contributed by atoms with Crippen LogP contribution >= 0.6 is 0 Å². The highest BCUT2D eigenvalue weighted by molar-refractivity contribution is 5.28. The van der Waals surface area contributed by atoms with Crippen LogP contribution in [-0.4, -0.2) is 11.2 Å². The summed E-state index contributed by atoms with van der Waals surface area (Å²) in [4.78, 5) is 0. The lowest BCUT2D eigenvalue weighted by Gasteiger charge is -2.10. The van der Waals surface area contributed by atoms with Gasteiger partial charge in [0.2, 0.25) is 0 Å². The van der Waals surface area contributed by atoms with Gasteiger partial charge < -0.3 is 9.84 Å². The molecule has 2 heteroatoms. The zero-order valence-electron chi connectivity index (χ0n) is 12.2. The number of aliphatic hydroxyl groups excluding tert-OH is 1. The predicted octanol–water partition coefficient (Wildman–Crippen LogP) is 3.97. The van der Waals surface area contributed by atoms with E-state index in [0.29, 0.717) is 12.5 Å². The largest absolute Gasteiger partial charge is 0.489 e. The summed E-state index contributed by atoms with van der Waals surface area (Å²) in [5.41, 5.74) is 2.44. The van der Waals surface area contributed by atoms with E-state index in [9.17, 15) is 5.11 Å². The van der Waals surface area contributed by atoms with E-state index in [2.05, 4.69) is 24.3 Å². The maximum absolute atomic E-state index is 9.89. The molecule has 1 saturated carbocycles. The van der Waals surface area contributed by atoms with Crippen molar-refractivity contribution in [3.05, 3.63) is 65.7 Å². The molecule has 0 aliphatic heterocycles. The van der Waals surface area contributed by atoms with Gasteiger partial charge in [-0.25, -0.2) is 0 Å². The van der Waals surface area contributed by atoms with Gasteiger partial charge in [0.05, 0.1) is 6.10 Å². The average Bonchev–Trinajstić information content (AvgIpc) is 3.37. The summed E-state index contributed by atoms with van der Waals surface area (Å²) in [6.07, 6.45) is 4.10. The van der Waals surface area contributed by atoms with Crippen LogP contribution in [0.1, 0.15) is 30.4 Å². The second-order valence-electron chi connectivity index (χ2n) is 5.86. The van der Waals surface area contributed by atoms with Crippen molar-refractivity contribution in [2.75, 3.05) is 0 Å². The minimum absolute atomic E-state index is 0.112. The van der Waals surface area contributed by atoms with Crippen molar-refractivity contribution in [2.45, 2.75) is 38.4 Å². The first-order valence-corrected chi connectivity index (χ1v) is 7.75. The lowest BCUT2D eigenvalue weighted by Crippen LogP contribution is -2.10. The maximum atomic E-state index is 9.89. The van der Waals surface area contributed by atoms with Gasteiger partial charge in [-0.3, -0.25) is 0 Å². The average molecular weight is 282 g/mol. The van der Waals surface area contributed by atoms with Crippen molar-refractivity contribution in [3.8, 4) is 5.75 Å². The standard InChI is InChI=1S/C19H22O2/c20-19(17-9-10-17)13-8-15-6-11-18(12-7-15)21-14-16-4-2-1-3-5-16/h1-7,11-12,17,19-20H,8-10,13-14H2/t19-/m0/s1. The van der Waals surface area contributed by atoms with E-state index in [4.69, 9.17) is 4.74 Å². The quantitative estimate of drug-likeness (QED) is 0.832. The SMILES string of the molecule is O[C@@H](CCc1ccc(OCc2ccccc2)cc1)C1CC1. The Morgan fingerprint density at radius 2 is 1.67 bits per heavy atom. The van der Waals surface area contributed by atoms with Crippen LogP contribution in [0.2, 0.25) is 0 Å². The molecular formula is C19H22O2. The van der Waals surface area contributed by atoms with Crippen molar-refractivity contribution in [2.24, 2.45) is 5.92 Å². The van der Waals surface area contributed by atoms with E-state index in [1.165, 1.54) is 24.0 Å². The van der Waals surface area contributed by atoms with E-state index >= 15 is 0 Å². The summed E-state index contributed by atoms with van der Waals surface area (Å²) in [6.45, 7) is 0.598. The van der Waals surface area contributed by atoms with Crippen LogP contribution < -0.4 is 4.74 Å². The molecule has 0 radical (unpaired) electrons. The van der Waals surface area contributed by atoms with Gasteiger partial charge in [-0.15, -0.1) is 0 Å². The van der Waals surface area contributed by atoms with Crippen LogP contribution in [0.25, 0.3) is 0 Å². The topological polar surface area (TPSA) is 29.5 Å². The Bertz CT molecular complexity index is 544. The molecule has 1 aliphatic carbocycles. The van der Waals surface area contributed by atoms with E-state index in [-0.39, 0.29) is 6.10 Å². The summed E-state index contributed by atoms with van der Waals surface area (Å²) >= 11 is 0. The molecule has 2 aromatic carbocycles. The molecule has 0 bridgehead atoms. The summed E-state index contributed by atoms with van der Waals surface area (Å²) in [6, 6.07) is 18.4. The molecular weight excluding hydrogens is 260 g/mol. The van der Waals surface area contributed by atoms with Gasteiger partial charge >= 0.3 is 0 Å². The first kappa shape index (κ1) is 14.2. The Morgan fingerprint density at radius 3 is 2.33 bits per heavy atom. The molecule has 2 aromatic rings. The Hall–Kier alpha value is -1.80. The first-order chi connectivity index (χ1) is 10.3. The normalized spacial score (nSPS) is 15.7. The van der Waals surface area contributed by atoms with Crippen molar-refractivity contribution < 1.29 is 9.84 Å². The molecule has 110 valence electrons. The molecule has 21 heavy (non-hydrogen) atoms. The highest BCUT2D eigenvalue weighted by Crippen LogP contribution is 2.34. The van der Waals surface area contributed by atoms with Crippen molar-refractivity contribution in [1.82, 2.24) is 0 Å². The zero-order valence-corrected chi connectivity index (χ0v) is 12.2. The number of ether oxygens (including phenoxy) is 1. The van der Waals surface area contributed by atoms with Crippen LogP contribution in [0.15, 0.2) is 54.6 Å². The lowest BCUT2D eigenvalue weighted by atomic mass is 10.0. The fourth-order valence-electron chi connectivity index (χ4n) is 2.52. The molecule has 0 heterocycles. The second kappa shape index (κ2) is 6.77. The highest BCUT2D eigenvalue weighted by Gasteiger charge is 2.28. The number of hydrogen-bond donors (Lipinski definition) is 1. The summed E-state index contributed by atoms with van der Waals surface area (Å²) < 4.78 is 5.77. The van der Waals surface area contributed by atoms with Crippen molar-refractivity contribution >= 4 is 0 Å². The predicted molar refractivity (Wildman–Crippen MR) is 84.3 cm³/mol. The molecule has 2 nitrogen and oxygen atoms in total. The highest BCUT2D eigenvalue weighted by atomic mass is 16.5. The minimum atomic E-state index is -0.112. The summed E-state index contributed by atoms with van der Waals surface area (Å²) in [5, 5.41) is 9.89. The van der Waals surface area contributed by atoms with Gasteiger partial charge in [0.1, 0.15) is 12.4 Å².